The quantitative estimate of drug-likeness (QED) is 0.665. The average Bonchev–Trinajstić information content (AvgIpc) is 2.25. The Morgan fingerprint density at radius 1 is 1.36 bits per heavy atom. The SMILES string of the molecule is C=CCOc1c(C=C)cccc1OC. The normalized spacial score (nSPS) is 9.21. The third kappa shape index (κ3) is 2.16. The zero-order valence-corrected chi connectivity index (χ0v) is 8.32. The van der Waals surface area contributed by atoms with Gasteiger partial charge in [-0.25, -0.2) is 0 Å². The lowest BCUT2D eigenvalue weighted by molar-refractivity contribution is 0.326. The molecule has 0 aliphatic carbocycles. The van der Waals surface area contributed by atoms with Crippen molar-refractivity contribution in [3.05, 3.63) is 43.0 Å². The summed E-state index contributed by atoms with van der Waals surface area (Å²) in [6.45, 7) is 7.77. The molecule has 0 atom stereocenters. The molecule has 1 rings (SSSR count). The standard InChI is InChI=1S/C12H14O2/c1-4-9-14-12-10(5-2)7-6-8-11(12)13-3/h4-8H,1-2,9H2,3H3. The molecular weight excluding hydrogens is 176 g/mol. The number of ether oxygens (including phenoxy) is 2. The second-order valence-corrected chi connectivity index (χ2v) is 2.68. The minimum absolute atomic E-state index is 0.460. The van der Waals surface area contributed by atoms with Crippen LogP contribution in [0.25, 0.3) is 6.08 Å². The molecule has 0 radical (unpaired) electrons. The summed E-state index contributed by atoms with van der Waals surface area (Å²) in [7, 11) is 1.61. The van der Waals surface area contributed by atoms with Gasteiger partial charge in [-0.15, -0.1) is 0 Å². The van der Waals surface area contributed by atoms with Crippen molar-refractivity contribution in [1.82, 2.24) is 0 Å². The third-order valence-corrected chi connectivity index (χ3v) is 1.79. The summed E-state index contributed by atoms with van der Waals surface area (Å²) >= 11 is 0. The molecule has 0 fully saturated rings. The van der Waals surface area contributed by atoms with Gasteiger partial charge < -0.3 is 9.47 Å². The van der Waals surface area contributed by atoms with Crippen molar-refractivity contribution >= 4 is 6.08 Å². The summed E-state index contributed by atoms with van der Waals surface area (Å²) in [6.07, 6.45) is 3.43. The molecule has 0 heterocycles. The predicted molar refractivity (Wildman–Crippen MR) is 58.8 cm³/mol. The first-order valence-electron chi connectivity index (χ1n) is 4.36. The lowest BCUT2D eigenvalue weighted by Gasteiger charge is -2.11. The summed E-state index contributed by atoms with van der Waals surface area (Å²) in [5, 5.41) is 0. The Labute approximate surface area is 84.5 Å². The van der Waals surface area contributed by atoms with Crippen LogP contribution < -0.4 is 9.47 Å². The van der Waals surface area contributed by atoms with E-state index in [1.165, 1.54) is 0 Å². The van der Waals surface area contributed by atoms with E-state index in [-0.39, 0.29) is 0 Å². The minimum atomic E-state index is 0.460. The van der Waals surface area contributed by atoms with Crippen LogP contribution in [0.5, 0.6) is 11.5 Å². The summed E-state index contributed by atoms with van der Waals surface area (Å²) < 4.78 is 10.7. The zero-order chi connectivity index (χ0) is 10.4. The summed E-state index contributed by atoms with van der Waals surface area (Å²) in [6, 6.07) is 5.68. The van der Waals surface area contributed by atoms with Gasteiger partial charge in [0, 0.05) is 5.56 Å². The van der Waals surface area contributed by atoms with E-state index in [0.29, 0.717) is 18.1 Å². The molecule has 0 aliphatic rings. The number of methoxy groups -OCH3 is 1. The van der Waals surface area contributed by atoms with Crippen LogP contribution in [0.4, 0.5) is 0 Å². The fourth-order valence-corrected chi connectivity index (χ4v) is 1.15. The van der Waals surface area contributed by atoms with Gasteiger partial charge >= 0.3 is 0 Å². The molecule has 1 aromatic carbocycles. The smallest absolute Gasteiger partial charge is 0.168 e. The van der Waals surface area contributed by atoms with E-state index in [1.807, 2.05) is 18.2 Å². The lowest BCUT2D eigenvalue weighted by atomic mass is 10.2. The Balaban J connectivity index is 3.05. The van der Waals surface area contributed by atoms with Gasteiger partial charge in [0.05, 0.1) is 7.11 Å². The Kier molecular flexibility index (Phi) is 3.80. The number of hydrogen-bond donors (Lipinski definition) is 0. The maximum atomic E-state index is 5.48. The average molecular weight is 190 g/mol. The highest BCUT2D eigenvalue weighted by Gasteiger charge is 2.06. The molecule has 0 spiro atoms. The first kappa shape index (κ1) is 10.4. The van der Waals surface area contributed by atoms with Gasteiger partial charge in [-0.2, -0.15) is 0 Å². The molecule has 74 valence electrons. The van der Waals surface area contributed by atoms with Crippen LogP contribution in [0.2, 0.25) is 0 Å². The van der Waals surface area contributed by atoms with Crippen LogP contribution in [-0.4, -0.2) is 13.7 Å². The molecule has 0 unspecified atom stereocenters. The largest absolute Gasteiger partial charge is 0.493 e. The molecule has 0 saturated carbocycles. The Morgan fingerprint density at radius 2 is 2.14 bits per heavy atom. The van der Waals surface area contributed by atoms with E-state index in [2.05, 4.69) is 13.2 Å². The summed E-state index contributed by atoms with van der Waals surface area (Å²) in [4.78, 5) is 0. The molecule has 2 heteroatoms. The molecule has 0 bridgehead atoms. The van der Waals surface area contributed by atoms with Crippen molar-refractivity contribution in [3.63, 3.8) is 0 Å². The van der Waals surface area contributed by atoms with Crippen LogP contribution in [0.3, 0.4) is 0 Å². The molecular formula is C12H14O2. The Morgan fingerprint density at radius 3 is 2.71 bits per heavy atom. The van der Waals surface area contributed by atoms with Crippen LogP contribution in [0.1, 0.15) is 5.56 Å². The number of hydrogen-bond acceptors (Lipinski definition) is 2. The Bertz CT molecular complexity index is 329. The van der Waals surface area contributed by atoms with Crippen molar-refractivity contribution in [2.45, 2.75) is 0 Å². The number of para-hydroxylation sites is 1. The first-order valence-corrected chi connectivity index (χ1v) is 4.36. The molecule has 0 N–H and O–H groups in total. The topological polar surface area (TPSA) is 18.5 Å². The second-order valence-electron chi connectivity index (χ2n) is 2.68. The monoisotopic (exact) mass is 190 g/mol. The summed E-state index contributed by atoms with van der Waals surface area (Å²) in [5.74, 6) is 1.43. The van der Waals surface area contributed by atoms with Gasteiger partial charge in [0.1, 0.15) is 6.61 Å². The van der Waals surface area contributed by atoms with E-state index < -0.39 is 0 Å². The van der Waals surface area contributed by atoms with Crippen LogP contribution in [-0.2, 0) is 0 Å². The Hall–Kier alpha value is -1.70. The summed E-state index contributed by atoms with van der Waals surface area (Å²) in [5.41, 5.74) is 0.922. The number of benzene rings is 1. The highest BCUT2D eigenvalue weighted by atomic mass is 16.5. The van der Waals surface area contributed by atoms with Gasteiger partial charge in [-0.1, -0.05) is 37.4 Å². The van der Waals surface area contributed by atoms with E-state index in [1.54, 1.807) is 19.3 Å². The van der Waals surface area contributed by atoms with E-state index >= 15 is 0 Å². The number of rotatable bonds is 5. The van der Waals surface area contributed by atoms with Crippen molar-refractivity contribution < 1.29 is 9.47 Å². The lowest BCUT2D eigenvalue weighted by Crippen LogP contribution is -1.97. The first-order chi connectivity index (χ1) is 6.83. The fourth-order valence-electron chi connectivity index (χ4n) is 1.15. The third-order valence-electron chi connectivity index (χ3n) is 1.79. The molecule has 0 aliphatic heterocycles. The van der Waals surface area contributed by atoms with E-state index in [0.717, 1.165) is 5.56 Å². The maximum Gasteiger partial charge on any atom is 0.168 e. The second kappa shape index (κ2) is 5.12. The molecule has 14 heavy (non-hydrogen) atoms. The van der Waals surface area contributed by atoms with Crippen molar-refractivity contribution in [3.8, 4) is 11.5 Å². The minimum Gasteiger partial charge on any atom is -0.493 e. The van der Waals surface area contributed by atoms with E-state index in [9.17, 15) is 0 Å². The van der Waals surface area contributed by atoms with Crippen molar-refractivity contribution in [1.29, 1.82) is 0 Å². The maximum absolute atomic E-state index is 5.48. The predicted octanol–water partition coefficient (Wildman–Crippen LogP) is 2.90. The molecule has 2 nitrogen and oxygen atoms in total. The van der Waals surface area contributed by atoms with Crippen LogP contribution in [0.15, 0.2) is 37.4 Å². The highest BCUT2D eigenvalue weighted by Crippen LogP contribution is 2.31. The molecule has 0 saturated heterocycles. The molecule has 0 amide bonds. The van der Waals surface area contributed by atoms with Crippen molar-refractivity contribution in [2.24, 2.45) is 0 Å². The molecule has 0 aromatic heterocycles. The van der Waals surface area contributed by atoms with Crippen LogP contribution >= 0.6 is 0 Å². The molecule has 1 aromatic rings. The van der Waals surface area contributed by atoms with Crippen LogP contribution in [0, 0.1) is 0 Å². The van der Waals surface area contributed by atoms with Gasteiger partial charge in [0.2, 0.25) is 0 Å². The fraction of sp³-hybridized carbons (Fsp3) is 0.167. The van der Waals surface area contributed by atoms with Gasteiger partial charge in [-0.3, -0.25) is 0 Å². The van der Waals surface area contributed by atoms with Gasteiger partial charge in [0.15, 0.2) is 11.5 Å². The van der Waals surface area contributed by atoms with Gasteiger partial charge in [0.25, 0.3) is 0 Å². The van der Waals surface area contributed by atoms with E-state index in [4.69, 9.17) is 9.47 Å². The zero-order valence-electron chi connectivity index (χ0n) is 8.32. The highest BCUT2D eigenvalue weighted by molar-refractivity contribution is 5.61. The van der Waals surface area contributed by atoms with Crippen molar-refractivity contribution in [2.75, 3.05) is 13.7 Å². The van der Waals surface area contributed by atoms with Gasteiger partial charge in [-0.05, 0) is 6.07 Å².